The van der Waals surface area contributed by atoms with Gasteiger partial charge < -0.3 is 20.4 Å². The summed E-state index contributed by atoms with van der Waals surface area (Å²) in [5, 5.41) is 34.6. The van der Waals surface area contributed by atoms with Gasteiger partial charge in [-0.25, -0.2) is 0 Å². The summed E-state index contributed by atoms with van der Waals surface area (Å²) in [5.74, 6) is -7.84. The molecule has 0 spiro atoms. The van der Waals surface area contributed by atoms with Crippen LogP contribution in [0.2, 0.25) is 0 Å². The fourth-order valence-electron chi connectivity index (χ4n) is 0.654. The van der Waals surface area contributed by atoms with Crippen LogP contribution in [0.4, 0.5) is 0 Å². The number of hydrogen-bond donors (Lipinski definition) is 4. The summed E-state index contributed by atoms with van der Waals surface area (Å²) in [5.41, 5.74) is 0. The summed E-state index contributed by atoms with van der Waals surface area (Å²) in [6.07, 6.45) is 0. The molecule has 0 heterocycles. The summed E-state index contributed by atoms with van der Waals surface area (Å²) in [4.78, 5) is 21.2. The SMILES string of the molecule is O=C1C(O)=C(O)C(=O)C(O)=C1O.[NaH].[NaH].[NaH].[NaH]. The van der Waals surface area contributed by atoms with E-state index in [1.807, 2.05) is 0 Å². The van der Waals surface area contributed by atoms with Crippen molar-refractivity contribution in [1.82, 2.24) is 0 Å². The molecular weight excluding hydrogens is 260 g/mol. The topological polar surface area (TPSA) is 115 Å². The molecule has 0 unspecified atom stereocenters. The van der Waals surface area contributed by atoms with Gasteiger partial charge in [-0.3, -0.25) is 9.59 Å². The molecule has 72 valence electrons. The zero-order chi connectivity index (χ0) is 9.46. The van der Waals surface area contributed by atoms with E-state index in [9.17, 15) is 9.59 Å². The van der Waals surface area contributed by atoms with Gasteiger partial charge in [-0.05, 0) is 0 Å². The number of hydrogen-bond acceptors (Lipinski definition) is 6. The molecule has 0 bridgehead atoms. The molecule has 0 aromatic rings. The van der Waals surface area contributed by atoms with Crippen molar-refractivity contribution in [2.75, 3.05) is 0 Å². The molecular formula is C6H8Na4O6. The van der Waals surface area contributed by atoms with Crippen molar-refractivity contribution in [3.05, 3.63) is 23.0 Å². The molecule has 0 aliphatic heterocycles. The molecule has 1 aliphatic carbocycles. The zero-order valence-electron chi connectivity index (χ0n) is 5.61. The van der Waals surface area contributed by atoms with E-state index in [-0.39, 0.29) is 118 Å². The molecule has 0 saturated heterocycles. The molecule has 0 radical (unpaired) electrons. The van der Waals surface area contributed by atoms with Crippen LogP contribution in [0.1, 0.15) is 0 Å². The second-order valence-corrected chi connectivity index (χ2v) is 2.05. The molecule has 0 aromatic carbocycles. The van der Waals surface area contributed by atoms with Crippen molar-refractivity contribution in [2.45, 2.75) is 0 Å². The monoisotopic (exact) mass is 268 g/mol. The van der Waals surface area contributed by atoms with E-state index in [2.05, 4.69) is 0 Å². The van der Waals surface area contributed by atoms with Crippen LogP contribution in [-0.2, 0) is 9.59 Å². The van der Waals surface area contributed by atoms with E-state index in [0.717, 1.165) is 0 Å². The number of carbonyl (C=O) groups is 2. The second-order valence-electron chi connectivity index (χ2n) is 2.05. The van der Waals surface area contributed by atoms with Gasteiger partial charge in [0, 0.05) is 0 Å². The fraction of sp³-hybridized carbons (Fsp3) is 0. The van der Waals surface area contributed by atoms with Crippen molar-refractivity contribution in [2.24, 2.45) is 0 Å². The summed E-state index contributed by atoms with van der Waals surface area (Å²) < 4.78 is 0. The standard InChI is InChI=1S/C6H4O6.4Na.4H/c7-1-2(8)4(10)6(12)5(11)3(1)9;;;;;;;;/h7-8,11-12H;;;;;;;;. The van der Waals surface area contributed by atoms with Crippen LogP contribution in [0.3, 0.4) is 0 Å². The molecule has 0 amide bonds. The number of rotatable bonds is 0. The molecule has 0 aromatic heterocycles. The zero-order valence-corrected chi connectivity index (χ0v) is 5.61. The van der Waals surface area contributed by atoms with Crippen LogP contribution >= 0.6 is 0 Å². The normalized spacial score (nSPS) is 14.2. The van der Waals surface area contributed by atoms with Crippen molar-refractivity contribution in [3.8, 4) is 0 Å². The van der Waals surface area contributed by atoms with Gasteiger partial charge in [0.25, 0.3) is 11.6 Å². The Labute approximate surface area is 179 Å². The van der Waals surface area contributed by atoms with Crippen molar-refractivity contribution in [3.63, 3.8) is 0 Å². The van der Waals surface area contributed by atoms with E-state index >= 15 is 0 Å². The first-order valence-corrected chi connectivity index (χ1v) is 2.80. The van der Waals surface area contributed by atoms with Crippen molar-refractivity contribution >= 4 is 130 Å². The Morgan fingerprint density at radius 1 is 0.500 bits per heavy atom. The number of aliphatic hydroxyl groups excluding tert-OH is 4. The first kappa shape index (κ1) is 26.6. The van der Waals surface area contributed by atoms with E-state index in [0.29, 0.717) is 0 Å². The maximum atomic E-state index is 10.6. The number of ketones is 2. The van der Waals surface area contributed by atoms with Gasteiger partial charge in [0.05, 0.1) is 0 Å². The Morgan fingerprint density at radius 3 is 0.750 bits per heavy atom. The van der Waals surface area contributed by atoms with E-state index in [1.165, 1.54) is 0 Å². The van der Waals surface area contributed by atoms with E-state index in [1.54, 1.807) is 0 Å². The predicted molar refractivity (Wildman–Crippen MR) is 63.2 cm³/mol. The van der Waals surface area contributed by atoms with Crippen LogP contribution in [0, 0.1) is 0 Å². The van der Waals surface area contributed by atoms with Gasteiger partial charge in [0.1, 0.15) is 0 Å². The first-order valence-electron chi connectivity index (χ1n) is 2.80. The Hall–Kier alpha value is 2.02. The Kier molecular flexibility index (Phi) is 18.1. The first-order chi connectivity index (χ1) is 5.46. The summed E-state index contributed by atoms with van der Waals surface area (Å²) in [6.45, 7) is 0. The summed E-state index contributed by atoms with van der Waals surface area (Å²) in [7, 11) is 0. The second kappa shape index (κ2) is 10.9. The summed E-state index contributed by atoms with van der Waals surface area (Å²) in [6, 6.07) is 0. The van der Waals surface area contributed by atoms with Crippen LogP contribution in [0.25, 0.3) is 0 Å². The number of Topliss-reactive ketones (excluding diaryl/α,β-unsaturated/α-hetero) is 2. The summed E-state index contributed by atoms with van der Waals surface area (Å²) >= 11 is 0. The molecule has 4 N–H and O–H groups in total. The molecule has 10 heteroatoms. The molecule has 0 atom stereocenters. The fourth-order valence-corrected chi connectivity index (χ4v) is 0.654. The van der Waals surface area contributed by atoms with Gasteiger partial charge in [-0.1, -0.05) is 0 Å². The Morgan fingerprint density at radius 2 is 0.625 bits per heavy atom. The number of aliphatic hydroxyl groups is 4. The molecule has 16 heavy (non-hydrogen) atoms. The van der Waals surface area contributed by atoms with Crippen LogP contribution < -0.4 is 0 Å². The van der Waals surface area contributed by atoms with Gasteiger partial charge in [0.2, 0.25) is 23.0 Å². The molecule has 6 nitrogen and oxygen atoms in total. The van der Waals surface area contributed by atoms with Crippen molar-refractivity contribution < 1.29 is 30.0 Å². The van der Waals surface area contributed by atoms with Gasteiger partial charge in [-0.2, -0.15) is 0 Å². The quantitative estimate of drug-likeness (QED) is 0.279. The van der Waals surface area contributed by atoms with Crippen LogP contribution in [0.5, 0.6) is 0 Å². The molecule has 0 fully saturated rings. The van der Waals surface area contributed by atoms with Gasteiger partial charge in [-0.15, -0.1) is 0 Å². The van der Waals surface area contributed by atoms with Gasteiger partial charge in [0.15, 0.2) is 0 Å². The van der Waals surface area contributed by atoms with Crippen LogP contribution in [-0.4, -0.2) is 150 Å². The Bertz CT molecular complexity index is 285. The third-order valence-corrected chi connectivity index (χ3v) is 1.31. The third-order valence-electron chi connectivity index (χ3n) is 1.31. The minimum absolute atomic E-state index is 0. The Balaban J connectivity index is -0.000000180. The predicted octanol–water partition coefficient (Wildman–Crippen LogP) is -2.80. The van der Waals surface area contributed by atoms with Crippen molar-refractivity contribution in [1.29, 1.82) is 0 Å². The van der Waals surface area contributed by atoms with E-state index in [4.69, 9.17) is 20.4 Å². The molecule has 1 aliphatic rings. The molecule has 1 rings (SSSR count). The molecule has 0 saturated carbocycles. The average Bonchev–Trinajstić information content (AvgIpc) is 2.08. The minimum atomic E-state index is -1.38. The average molecular weight is 268 g/mol. The number of carbonyl (C=O) groups excluding carboxylic acids is 2. The van der Waals surface area contributed by atoms with Gasteiger partial charge >= 0.3 is 118 Å². The van der Waals surface area contributed by atoms with E-state index < -0.39 is 34.6 Å². The maximum absolute atomic E-state index is 10.6. The van der Waals surface area contributed by atoms with Crippen LogP contribution in [0.15, 0.2) is 23.0 Å². The third kappa shape index (κ3) is 5.34.